The summed E-state index contributed by atoms with van der Waals surface area (Å²) in [6, 6.07) is 3.49. The zero-order chi connectivity index (χ0) is 11.5. The van der Waals surface area contributed by atoms with E-state index in [2.05, 4.69) is 5.32 Å². The lowest BCUT2D eigenvalue weighted by molar-refractivity contribution is 0.402. The van der Waals surface area contributed by atoms with Crippen LogP contribution in [0.5, 0.6) is 0 Å². The Labute approximate surface area is 93.8 Å². The van der Waals surface area contributed by atoms with Crippen molar-refractivity contribution in [1.82, 2.24) is 0 Å². The molecule has 0 spiro atoms. The van der Waals surface area contributed by atoms with Crippen LogP contribution in [0.15, 0.2) is 18.2 Å². The number of halogens is 2. The highest BCUT2D eigenvalue weighted by atomic mass is 19.1. The molecule has 1 aromatic carbocycles. The lowest BCUT2D eigenvalue weighted by atomic mass is 9.91. The molecule has 0 unspecified atom stereocenters. The first-order valence-electron chi connectivity index (χ1n) is 5.64. The van der Waals surface area contributed by atoms with Gasteiger partial charge in [0.25, 0.3) is 0 Å². The Morgan fingerprint density at radius 3 is 2.69 bits per heavy atom. The van der Waals surface area contributed by atoms with E-state index < -0.39 is 11.6 Å². The van der Waals surface area contributed by atoms with E-state index in [9.17, 15) is 8.78 Å². The molecule has 0 bridgehead atoms. The summed E-state index contributed by atoms with van der Waals surface area (Å²) in [7, 11) is 0. The molecule has 1 fully saturated rings. The average molecular weight is 226 g/mol. The quantitative estimate of drug-likeness (QED) is 0.813. The normalized spacial score (nSPS) is 25.4. The molecule has 2 nitrogen and oxygen atoms in total. The Morgan fingerprint density at radius 1 is 1.19 bits per heavy atom. The maximum Gasteiger partial charge on any atom is 0.146 e. The van der Waals surface area contributed by atoms with Crippen molar-refractivity contribution in [2.24, 2.45) is 5.73 Å². The second kappa shape index (κ2) is 4.78. The molecular formula is C12H16F2N2. The zero-order valence-electron chi connectivity index (χ0n) is 9.05. The highest BCUT2D eigenvalue weighted by Gasteiger charge is 2.22. The summed E-state index contributed by atoms with van der Waals surface area (Å²) in [6.07, 6.45) is 4.05. The Balaban J connectivity index is 2.10. The van der Waals surface area contributed by atoms with Crippen LogP contribution in [-0.2, 0) is 0 Å². The van der Waals surface area contributed by atoms with Crippen molar-refractivity contribution in [2.75, 3.05) is 5.32 Å². The third-order valence-electron chi connectivity index (χ3n) is 3.09. The van der Waals surface area contributed by atoms with Crippen molar-refractivity contribution in [1.29, 1.82) is 0 Å². The summed E-state index contributed by atoms with van der Waals surface area (Å²) >= 11 is 0. The summed E-state index contributed by atoms with van der Waals surface area (Å²) in [5, 5.41) is 3.00. The first-order valence-corrected chi connectivity index (χ1v) is 5.64. The van der Waals surface area contributed by atoms with Crippen LogP contribution in [-0.4, -0.2) is 12.1 Å². The van der Waals surface area contributed by atoms with E-state index in [0.29, 0.717) is 0 Å². The van der Waals surface area contributed by atoms with Crippen LogP contribution in [0.3, 0.4) is 0 Å². The fourth-order valence-corrected chi connectivity index (χ4v) is 2.15. The Hall–Kier alpha value is -1.16. The topological polar surface area (TPSA) is 38.0 Å². The van der Waals surface area contributed by atoms with E-state index >= 15 is 0 Å². The Kier molecular flexibility index (Phi) is 3.39. The summed E-state index contributed by atoms with van der Waals surface area (Å²) < 4.78 is 26.3. The number of hydrogen-bond donors (Lipinski definition) is 2. The van der Waals surface area contributed by atoms with Gasteiger partial charge in [-0.3, -0.25) is 0 Å². The molecule has 1 aliphatic rings. The van der Waals surface area contributed by atoms with Gasteiger partial charge in [-0.1, -0.05) is 12.8 Å². The van der Waals surface area contributed by atoms with Gasteiger partial charge in [0.15, 0.2) is 0 Å². The predicted molar refractivity (Wildman–Crippen MR) is 60.2 cm³/mol. The van der Waals surface area contributed by atoms with Crippen LogP contribution in [0.25, 0.3) is 0 Å². The lowest BCUT2D eigenvalue weighted by Gasteiger charge is -2.30. The van der Waals surface area contributed by atoms with Crippen molar-refractivity contribution in [2.45, 2.75) is 37.8 Å². The number of hydrogen-bond acceptors (Lipinski definition) is 2. The van der Waals surface area contributed by atoms with Crippen molar-refractivity contribution in [3.05, 3.63) is 29.8 Å². The van der Waals surface area contributed by atoms with Gasteiger partial charge in [-0.15, -0.1) is 0 Å². The molecule has 88 valence electrons. The minimum absolute atomic E-state index is 0.0245. The minimum atomic E-state index is -0.437. The molecule has 1 aliphatic carbocycles. The van der Waals surface area contributed by atoms with Crippen molar-refractivity contribution < 1.29 is 8.78 Å². The smallest absolute Gasteiger partial charge is 0.146 e. The average Bonchev–Trinajstić information content (AvgIpc) is 2.27. The molecule has 3 N–H and O–H groups in total. The molecule has 2 atom stereocenters. The number of nitrogens with two attached hydrogens (primary N) is 1. The maximum atomic E-state index is 13.4. The second-order valence-electron chi connectivity index (χ2n) is 4.32. The van der Waals surface area contributed by atoms with E-state index in [1.54, 1.807) is 0 Å². The fraction of sp³-hybridized carbons (Fsp3) is 0.500. The highest BCUT2D eigenvalue weighted by molar-refractivity contribution is 5.46. The van der Waals surface area contributed by atoms with Gasteiger partial charge >= 0.3 is 0 Å². The largest absolute Gasteiger partial charge is 0.378 e. The van der Waals surface area contributed by atoms with E-state index in [1.165, 1.54) is 6.07 Å². The SMILES string of the molecule is N[C@H]1CCCC[C@@H]1Nc1cc(F)ccc1F. The summed E-state index contributed by atoms with van der Waals surface area (Å²) in [6.45, 7) is 0. The Bertz CT molecular complexity index is 368. The molecule has 0 aliphatic heterocycles. The summed E-state index contributed by atoms with van der Waals surface area (Å²) in [4.78, 5) is 0. The standard InChI is InChI=1S/C12H16F2N2/c13-8-5-6-9(14)12(7-8)16-11-4-2-1-3-10(11)15/h5-7,10-11,16H,1-4,15H2/t10-,11-/m0/s1. The summed E-state index contributed by atoms with van der Waals surface area (Å²) in [5.74, 6) is -0.868. The van der Waals surface area contributed by atoms with Gasteiger partial charge < -0.3 is 11.1 Å². The lowest BCUT2D eigenvalue weighted by Crippen LogP contribution is -2.42. The molecule has 1 saturated carbocycles. The third kappa shape index (κ3) is 2.50. The third-order valence-corrected chi connectivity index (χ3v) is 3.09. The molecule has 0 amide bonds. The van der Waals surface area contributed by atoms with Crippen LogP contribution in [0.4, 0.5) is 14.5 Å². The van der Waals surface area contributed by atoms with E-state index in [1.807, 2.05) is 0 Å². The van der Waals surface area contributed by atoms with Crippen LogP contribution in [0, 0.1) is 11.6 Å². The minimum Gasteiger partial charge on any atom is -0.378 e. The van der Waals surface area contributed by atoms with Crippen LogP contribution >= 0.6 is 0 Å². The molecule has 0 heterocycles. The van der Waals surface area contributed by atoms with Gasteiger partial charge in [0, 0.05) is 12.1 Å². The molecule has 16 heavy (non-hydrogen) atoms. The van der Waals surface area contributed by atoms with Crippen molar-refractivity contribution in [3.63, 3.8) is 0 Å². The van der Waals surface area contributed by atoms with E-state index in [4.69, 9.17) is 5.73 Å². The highest BCUT2D eigenvalue weighted by Crippen LogP contribution is 2.23. The number of rotatable bonds is 2. The fourth-order valence-electron chi connectivity index (χ4n) is 2.15. The molecule has 1 aromatic rings. The van der Waals surface area contributed by atoms with Crippen LogP contribution in [0.2, 0.25) is 0 Å². The van der Waals surface area contributed by atoms with Gasteiger partial charge in [0.2, 0.25) is 0 Å². The van der Waals surface area contributed by atoms with Crippen molar-refractivity contribution in [3.8, 4) is 0 Å². The number of anilines is 1. The van der Waals surface area contributed by atoms with E-state index in [-0.39, 0.29) is 17.8 Å². The van der Waals surface area contributed by atoms with Gasteiger partial charge in [-0.05, 0) is 31.0 Å². The second-order valence-corrected chi connectivity index (χ2v) is 4.32. The predicted octanol–water partition coefficient (Wildman–Crippen LogP) is 2.65. The van der Waals surface area contributed by atoms with Crippen molar-refractivity contribution >= 4 is 5.69 Å². The molecule has 4 heteroatoms. The molecule has 0 aromatic heterocycles. The molecular weight excluding hydrogens is 210 g/mol. The zero-order valence-corrected chi connectivity index (χ0v) is 9.05. The van der Waals surface area contributed by atoms with Crippen LogP contribution in [0.1, 0.15) is 25.7 Å². The molecule has 0 saturated heterocycles. The van der Waals surface area contributed by atoms with Gasteiger partial charge in [0.05, 0.1) is 5.69 Å². The van der Waals surface area contributed by atoms with Crippen LogP contribution < -0.4 is 11.1 Å². The first kappa shape index (κ1) is 11.3. The van der Waals surface area contributed by atoms with Gasteiger partial charge in [0.1, 0.15) is 11.6 Å². The number of nitrogens with one attached hydrogen (secondary N) is 1. The Morgan fingerprint density at radius 2 is 1.94 bits per heavy atom. The van der Waals surface area contributed by atoms with E-state index in [0.717, 1.165) is 37.8 Å². The molecule has 0 radical (unpaired) electrons. The maximum absolute atomic E-state index is 13.4. The molecule has 2 rings (SSSR count). The number of benzene rings is 1. The summed E-state index contributed by atoms with van der Waals surface area (Å²) in [5.41, 5.74) is 6.15. The first-order chi connectivity index (χ1) is 7.66. The van der Waals surface area contributed by atoms with Gasteiger partial charge in [-0.25, -0.2) is 8.78 Å². The monoisotopic (exact) mass is 226 g/mol. The van der Waals surface area contributed by atoms with Gasteiger partial charge in [-0.2, -0.15) is 0 Å².